The van der Waals surface area contributed by atoms with Crippen molar-refractivity contribution < 1.29 is 8.42 Å². The number of aryl methyl sites for hydroxylation is 2. The second kappa shape index (κ2) is 5.19. The van der Waals surface area contributed by atoms with Crippen LogP contribution in [-0.2, 0) is 9.84 Å². The molecule has 0 amide bonds. The zero-order valence-electron chi connectivity index (χ0n) is 11.1. The van der Waals surface area contributed by atoms with E-state index in [-0.39, 0.29) is 6.04 Å². The largest absolute Gasteiger partial charge is 0.316 e. The van der Waals surface area contributed by atoms with Gasteiger partial charge in [0.25, 0.3) is 0 Å². The maximum Gasteiger partial charge on any atom is 0.182 e. The Hall–Kier alpha value is -0.870. The Labute approximate surface area is 104 Å². The van der Waals surface area contributed by atoms with Gasteiger partial charge in [-0.3, -0.25) is 0 Å². The Bertz CT molecular complexity index is 494. The summed E-state index contributed by atoms with van der Waals surface area (Å²) >= 11 is 0. The Morgan fingerprint density at radius 2 is 1.76 bits per heavy atom. The lowest BCUT2D eigenvalue weighted by Crippen LogP contribution is -2.38. The van der Waals surface area contributed by atoms with E-state index in [1.54, 1.807) is 20.0 Å². The van der Waals surface area contributed by atoms with Crippen LogP contribution in [0.4, 0.5) is 0 Å². The average molecular weight is 255 g/mol. The van der Waals surface area contributed by atoms with Gasteiger partial charge in [0.15, 0.2) is 9.84 Å². The van der Waals surface area contributed by atoms with Gasteiger partial charge in [0, 0.05) is 6.04 Å². The molecule has 0 heterocycles. The van der Waals surface area contributed by atoms with Gasteiger partial charge in [-0.1, -0.05) is 17.7 Å². The van der Waals surface area contributed by atoms with Gasteiger partial charge in [-0.15, -0.1) is 0 Å². The van der Waals surface area contributed by atoms with E-state index in [2.05, 4.69) is 5.32 Å². The highest BCUT2D eigenvalue weighted by Gasteiger charge is 2.28. The van der Waals surface area contributed by atoms with Gasteiger partial charge >= 0.3 is 0 Å². The van der Waals surface area contributed by atoms with E-state index in [4.69, 9.17) is 0 Å². The van der Waals surface area contributed by atoms with Crippen LogP contribution in [0, 0.1) is 13.8 Å². The lowest BCUT2D eigenvalue weighted by Gasteiger charge is -2.20. The second-order valence-corrected chi connectivity index (χ2v) is 6.87. The molecule has 0 fully saturated rings. The summed E-state index contributed by atoms with van der Waals surface area (Å²) in [6.07, 6.45) is 0. The standard InChI is InChI=1S/C13H21NO2S/c1-9-6-7-13(10(2)8-9)17(15,16)12(4)11(3)14-5/h6-8,11-12,14H,1-5H3. The molecule has 1 aromatic rings. The molecule has 2 unspecified atom stereocenters. The third kappa shape index (κ3) is 2.87. The number of rotatable bonds is 4. The summed E-state index contributed by atoms with van der Waals surface area (Å²) < 4.78 is 24.8. The van der Waals surface area contributed by atoms with Gasteiger partial charge in [0.2, 0.25) is 0 Å². The minimum atomic E-state index is -3.26. The number of hydrogen-bond donors (Lipinski definition) is 1. The summed E-state index contributed by atoms with van der Waals surface area (Å²) in [4.78, 5) is 0.442. The van der Waals surface area contributed by atoms with Crippen molar-refractivity contribution in [2.75, 3.05) is 7.05 Å². The highest BCUT2D eigenvalue weighted by Crippen LogP contribution is 2.22. The molecule has 2 atom stereocenters. The highest BCUT2D eigenvalue weighted by molar-refractivity contribution is 7.92. The molecule has 0 bridgehead atoms. The Kier molecular flexibility index (Phi) is 4.33. The van der Waals surface area contributed by atoms with Crippen molar-refractivity contribution in [2.45, 2.75) is 43.9 Å². The van der Waals surface area contributed by atoms with Crippen LogP contribution in [0.25, 0.3) is 0 Å². The van der Waals surface area contributed by atoms with Crippen molar-refractivity contribution in [1.82, 2.24) is 5.32 Å². The first-order chi connectivity index (χ1) is 7.80. The summed E-state index contributed by atoms with van der Waals surface area (Å²) in [7, 11) is -1.48. The van der Waals surface area contributed by atoms with Crippen LogP contribution in [0.3, 0.4) is 0 Å². The predicted molar refractivity (Wildman–Crippen MR) is 71.1 cm³/mol. The molecule has 0 aliphatic carbocycles. The topological polar surface area (TPSA) is 46.2 Å². The van der Waals surface area contributed by atoms with Crippen LogP contribution in [0.1, 0.15) is 25.0 Å². The van der Waals surface area contributed by atoms with Crippen LogP contribution in [0.5, 0.6) is 0 Å². The number of sulfone groups is 1. The molecule has 0 aliphatic rings. The van der Waals surface area contributed by atoms with Gasteiger partial charge < -0.3 is 5.32 Å². The summed E-state index contributed by atoms with van der Waals surface area (Å²) in [5, 5.41) is 2.56. The van der Waals surface area contributed by atoms with E-state index in [9.17, 15) is 8.42 Å². The van der Waals surface area contributed by atoms with Gasteiger partial charge in [0.1, 0.15) is 0 Å². The first-order valence-corrected chi connectivity index (χ1v) is 7.33. The molecule has 1 aromatic carbocycles. The van der Waals surface area contributed by atoms with Crippen LogP contribution >= 0.6 is 0 Å². The van der Waals surface area contributed by atoms with Crippen LogP contribution < -0.4 is 5.32 Å². The molecular formula is C13H21NO2S. The highest BCUT2D eigenvalue weighted by atomic mass is 32.2. The van der Waals surface area contributed by atoms with Gasteiger partial charge in [-0.2, -0.15) is 0 Å². The maximum absolute atomic E-state index is 12.4. The Morgan fingerprint density at radius 1 is 1.18 bits per heavy atom. The van der Waals surface area contributed by atoms with E-state index >= 15 is 0 Å². The van der Waals surface area contributed by atoms with E-state index in [1.807, 2.05) is 32.9 Å². The molecular weight excluding hydrogens is 234 g/mol. The van der Waals surface area contributed by atoms with E-state index in [1.165, 1.54) is 0 Å². The van der Waals surface area contributed by atoms with Crippen LogP contribution in [0.15, 0.2) is 23.1 Å². The molecule has 3 nitrogen and oxygen atoms in total. The van der Waals surface area contributed by atoms with Crippen molar-refractivity contribution in [3.05, 3.63) is 29.3 Å². The minimum Gasteiger partial charge on any atom is -0.316 e. The van der Waals surface area contributed by atoms with Crippen molar-refractivity contribution >= 4 is 9.84 Å². The number of hydrogen-bond acceptors (Lipinski definition) is 3. The predicted octanol–water partition coefficient (Wildman–Crippen LogP) is 2.07. The fourth-order valence-electron chi connectivity index (χ4n) is 1.82. The molecule has 0 radical (unpaired) electrons. The molecule has 0 saturated carbocycles. The SMILES string of the molecule is CNC(C)C(C)S(=O)(=O)c1ccc(C)cc1C. The average Bonchev–Trinajstić information content (AvgIpc) is 2.26. The summed E-state index contributed by atoms with van der Waals surface area (Å²) in [6.45, 7) is 7.43. The second-order valence-electron chi connectivity index (χ2n) is 4.60. The lowest BCUT2D eigenvalue weighted by molar-refractivity contribution is 0.539. The number of benzene rings is 1. The Morgan fingerprint density at radius 3 is 2.24 bits per heavy atom. The Balaban J connectivity index is 3.22. The van der Waals surface area contributed by atoms with Crippen LogP contribution in [-0.4, -0.2) is 26.8 Å². The maximum atomic E-state index is 12.4. The zero-order chi connectivity index (χ0) is 13.2. The fourth-order valence-corrected chi connectivity index (χ4v) is 3.66. The number of nitrogens with one attached hydrogen (secondary N) is 1. The molecule has 0 spiro atoms. The molecule has 1 rings (SSSR count). The third-order valence-corrected chi connectivity index (χ3v) is 5.74. The quantitative estimate of drug-likeness (QED) is 0.896. The molecule has 0 saturated heterocycles. The minimum absolute atomic E-state index is 0.0688. The zero-order valence-corrected chi connectivity index (χ0v) is 11.9. The molecule has 0 aromatic heterocycles. The fraction of sp³-hybridized carbons (Fsp3) is 0.538. The van der Waals surface area contributed by atoms with Crippen molar-refractivity contribution in [3.63, 3.8) is 0 Å². The van der Waals surface area contributed by atoms with E-state index < -0.39 is 15.1 Å². The monoisotopic (exact) mass is 255 g/mol. The lowest BCUT2D eigenvalue weighted by atomic mass is 10.2. The summed E-state index contributed by atoms with van der Waals surface area (Å²) in [5.74, 6) is 0. The van der Waals surface area contributed by atoms with Crippen LogP contribution in [0.2, 0.25) is 0 Å². The van der Waals surface area contributed by atoms with E-state index in [0.29, 0.717) is 4.90 Å². The summed E-state index contributed by atoms with van der Waals surface area (Å²) in [6, 6.07) is 5.39. The summed E-state index contributed by atoms with van der Waals surface area (Å²) in [5.41, 5.74) is 1.90. The molecule has 17 heavy (non-hydrogen) atoms. The molecule has 1 N–H and O–H groups in total. The van der Waals surface area contributed by atoms with Gasteiger partial charge in [-0.05, 0) is 46.4 Å². The molecule has 96 valence electrons. The van der Waals surface area contributed by atoms with Crippen molar-refractivity contribution in [1.29, 1.82) is 0 Å². The first kappa shape index (κ1) is 14.2. The normalized spacial score (nSPS) is 15.6. The first-order valence-electron chi connectivity index (χ1n) is 5.79. The smallest absolute Gasteiger partial charge is 0.182 e. The third-order valence-electron chi connectivity index (χ3n) is 3.29. The molecule has 4 heteroatoms. The van der Waals surface area contributed by atoms with Crippen molar-refractivity contribution in [3.8, 4) is 0 Å². The van der Waals surface area contributed by atoms with Gasteiger partial charge in [-0.25, -0.2) is 8.42 Å². The van der Waals surface area contributed by atoms with E-state index in [0.717, 1.165) is 11.1 Å². The van der Waals surface area contributed by atoms with Crippen molar-refractivity contribution in [2.24, 2.45) is 0 Å². The van der Waals surface area contributed by atoms with Gasteiger partial charge in [0.05, 0.1) is 10.1 Å². The molecule has 0 aliphatic heterocycles.